The van der Waals surface area contributed by atoms with E-state index < -0.39 is 0 Å². The molecule has 0 radical (unpaired) electrons. The first-order valence-corrected chi connectivity index (χ1v) is 9.32. The molecule has 1 aromatic rings. The summed E-state index contributed by atoms with van der Waals surface area (Å²) in [6.07, 6.45) is 5.11. The van der Waals surface area contributed by atoms with Crippen LogP contribution >= 0.6 is 35.3 Å². The molecule has 0 bridgehead atoms. The largest absolute Gasteiger partial charge is 0.341 e. The SMILES string of the molecule is O=C(CN1C(=O)C(=Cc2cccs2)SC1=S)N1CCCCC1. The minimum absolute atomic E-state index is 0.00614. The molecule has 0 N–H and O–H groups in total. The van der Waals surface area contributed by atoms with Gasteiger partial charge in [0.1, 0.15) is 10.9 Å². The zero-order valence-electron chi connectivity index (χ0n) is 12.0. The smallest absolute Gasteiger partial charge is 0.266 e. The second-order valence-corrected chi connectivity index (χ2v) is 7.88. The number of hydrogen-bond donors (Lipinski definition) is 0. The molecule has 116 valence electrons. The second-order valence-electron chi connectivity index (χ2n) is 5.22. The van der Waals surface area contributed by atoms with Crippen LogP contribution in [0, 0.1) is 0 Å². The summed E-state index contributed by atoms with van der Waals surface area (Å²) in [5, 5.41) is 1.96. The van der Waals surface area contributed by atoms with Gasteiger partial charge in [0.05, 0.1) is 4.91 Å². The van der Waals surface area contributed by atoms with Crippen LogP contribution < -0.4 is 0 Å². The van der Waals surface area contributed by atoms with E-state index in [1.165, 1.54) is 23.1 Å². The van der Waals surface area contributed by atoms with Gasteiger partial charge in [-0.3, -0.25) is 14.5 Å². The molecule has 0 atom stereocenters. The molecule has 7 heteroatoms. The van der Waals surface area contributed by atoms with Crippen molar-refractivity contribution in [1.82, 2.24) is 9.80 Å². The number of piperidine rings is 1. The van der Waals surface area contributed by atoms with Crippen molar-refractivity contribution in [3.8, 4) is 0 Å². The Balaban J connectivity index is 1.68. The van der Waals surface area contributed by atoms with Gasteiger partial charge in [-0.2, -0.15) is 0 Å². The van der Waals surface area contributed by atoms with Gasteiger partial charge in [-0.15, -0.1) is 11.3 Å². The molecular formula is C15H16N2O2S3. The highest BCUT2D eigenvalue weighted by Crippen LogP contribution is 2.33. The molecule has 2 aliphatic heterocycles. The number of nitrogens with zero attached hydrogens (tertiary/aromatic N) is 2. The fraction of sp³-hybridized carbons (Fsp3) is 0.400. The van der Waals surface area contributed by atoms with Gasteiger partial charge in [0.15, 0.2) is 0 Å². The first-order chi connectivity index (χ1) is 10.6. The lowest BCUT2D eigenvalue weighted by Crippen LogP contribution is -2.44. The summed E-state index contributed by atoms with van der Waals surface area (Å²) < 4.78 is 0.471. The van der Waals surface area contributed by atoms with Gasteiger partial charge in [0.25, 0.3) is 5.91 Å². The molecule has 0 unspecified atom stereocenters. The Bertz CT molecular complexity index is 619. The number of rotatable bonds is 3. The summed E-state index contributed by atoms with van der Waals surface area (Å²) in [7, 11) is 0. The van der Waals surface area contributed by atoms with Crippen molar-refractivity contribution in [2.75, 3.05) is 19.6 Å². The molecule has 3 heterocycles. The third kappa shape index (κ3) is 3.42. The maximum absolute atomic E-state index is 12.4. The van der Waals surface area contributed by atoms with Crippen LogP contribution in [-0.2, 0) is 9.59 Å². The Morgan fingerprint density at radius 2 is 2.09 bits per heavy atom. The van der Waals surface area contributed by atoms with E-state index in [0.717, 1.165) is 30.8 Å². The van der Waals surface area contributed by atoms with Gasteiger partial charge in [-0.05, 0) is 36.8 Å². The van der Waals surface area contributed by atoms with Crippen molar-refractivity contribution in [3.05, 3.63) is 27.3 Å². The standard InChI is InChI=1S/C15H16N2O2S3/c18-13(16-6-2-1-3-7-16)10-17-14(19)12(22-15(17)20)9-11-5-4-8-21-11/h4-5,8-9H,1-3,6-7,10H2. The molecule has 2 aliphatic rings. The molecule has 2 amide bonds. The Labute approximate surface area is 143 Å². The quantitative estimate of drug-likeness (QED) is 0.619. The van der Waals surface area contributed by atoms with Crippen LogP contribution in [0.4, 0.5) is 0 Å². The third-order valence-corrected chi connectivity index (χ3v) is 5.89. The Morgan fingerprint density at radius 3 is 2.77 bits per heavy atom. The van der Waals surface area contributed by atoms with Crippen LogP contribution in [-0.4, -0.2) is 45.6 Å². The first kappa shape index (κ1) is 15.7. The first-order valence-electron chi connectivity index (χ1n) is 7.22. The summed E-state index contributed by atoms with van der Waals surface area (Å²) >= 11 is 8.12. The summed E-state index contributed by atoms with van der Waals surface area (Å²) in [4.78, 5) is 29.6. The van der Waals surface area contributed by atoms with E-state index >= 15 is 0 Å². The van der Waals surface area contributed by atoms with E-state index in [4.69, 9.17) is 12.2 Å². The fourth-order valence-corrected chi connectivity index (χ4v) is 4.50. The lowest BCUT2D eigenvalue weighted by molar-refractivity contribution is -0.136. The molecule has 1 aromatic heterocycles. The van der Waals surface area contributed by atoms with E-state index in [9.17, 15) is 9.59 Å². The molecule has 4 nitrogen and oxygen atoms in total. The van der Waals surface area contributed by atoms with Crippen LogP contribution in [0.3, 0.4) is 0 Å². The van der Waals surface area contributed by atoms with Gasteiger partial charge in [0, 0.05) is 18.0 Å². The molecule has 0 saturated carbocycles. The Hall–Kier alpha value is -1.18. The molecule has 0 spiro atoms. The van der Waals surface area contributed by atoms with E-state index in [1.807, 2.05) is 28.5 Å². The number of carbonyl (C=O) groups is 2. The fourth-order valence-electron chi connectivity index (χ4n) is 2.52. The zero-order chi connectivity index (χ0) is 15.5. The van der Waals surface area contributed by atoms with Crippen molar-refractivity contribution in [3.63, 3.8) is 0 Å². The van der Waals surface area contributed by atoms with E-state index in [2.05, 4.69) is 0 Å². The third-order valence-electron chi connectivity index (χ3n) is 3.69. The van der Waals surface area contributed by atoms with Crippen molar-refractivity contribution in [2.24, 2.45) is 0 Å². The molecule has 0 aromatic carbocycles. The van der Waals surface area contributed by atoms with Gasteiger partial charge in [-0.1, -0.05) is 30.0 Å². The van der Waals surface area contributed by atoms with Gasteiger partial charge in [-0.25, -0.2) is 0 Å². The average Bonchev–Trinajstić information content (AvgIpc) is 3.12. The maximum atomic E-state index is 12.4. The highest BCUT2D eigenvalue weighted by Gasteiger charge is 2.34. The normalized spacial score (nSPS) is 21.0. The lowest BCUT2D eigenvalue weighted by atomic mass is 10.1. The van der Waals surface area contributed by atoms with Crippen molar-refractivity contribution in [2.45, 2.75) is 19.3 Å². The van der Waals surface area contributed by atoms with Crippen molar-refractivity contribution >= 4 is 57.5 Å². The Kier molecular flexibility index (Phi) is 4.95. The highest BCUT2D eigenvalue weighted by molar-refractivity contribution is 8.26. The molecular weight excluding hydrogens is 336 g/mol. The minimum Gasteiger partial charge on any atom is -0.341 e. The Morgan fingerprint density at radius 1 is 1.32 bits per heavy atom. The maximum Gasteiger partial charge on any atom is 0.266 e. The van der Waals surface area contributed by atoms with E-state index in [0.29, 0.717) is 9.23 Å². The molecule has 0 aliphatic carbocycles. The summed E-state index contributed by atoms with van der Waals surface area (Å²) in [6, 6.07) is 3.90. The van der Waals surface area contributed by atoms with Crippen LogP contribution in [0.1, 0.15) is 24.1 Å². The predicted molar refractivity (Wildman–Crippen MR) is 94.6 cm³/mol. The van der Waals surface area contributed by atoms with Crippen LogP contribution in [0.15, 0.2) is 22.4 Å². The van der Waals surface area contributed by atoms with Gasteiger partial charge < -0.3 is 4.90 Å². The summed E-state index contributed by atoms with van der Waals surface area (Å²) in [6.45, 7) is 1.64. The molecule has 3 rings (SSSR count). The van der Waals surface area contributed by atoms with Crippen LogP contribution in [0.25, 0.3) is 6.08 Å². The number of thiophene rings is 1. The second kappa shape index (κ2) is 6.93. The number of thiocarbonyl (C=S) groups is 1. The topological polar surface area (TPSA) is 40.6 Å². The molecule has 2 saturated heterocycles. The van der Waals surface area contributed by atoms with Crippen molar-refractivity contribution in [1.29, 1.82) is 0 Å². The van der Waals surface area contributed by atoms with Crippen LogP contribution in [0.5, 0.6) is 0 Å². The number of carbonyl (C=O) groups excluding carboxylic acids is 2. The number of hydrogen-bond acceptors (Lipinski definition) is 5. The predicted octanol–water partition coefficient (Wildman–Crippen LogP) is 2.96. The summed E-state index contributed by atoms with van der Waals surface area (Å²) in [5.41, 5.74) is 0. The van der Waals surface area contributed by atoms with E-state index in [1.54, 1.807) is 11.3 Å². The monoisotopic (exact) mass is 352 g/mol. The summed E-state index contributed by atoms with van der Waals surface area (Å²) in [5.74, 6) is -0.165. The average molecular weight is 353 g/mol. The van der Waals surface area contributed by atoms with Gasteiger partial charge in [0.2, 0.25) is 5.91 Å². The van der Waals surface area contributed by atoms with Crippen LogP contribution in [0.2, 0.25) is 0 Å². The number of likely N-dealkylation sites (tertiary alicyclic amines) is 1. The minimum atomic E-state index is -0.159. The van der Waals surface area contributed by atoms with Crippen molar-refractivity contribution < 1.29 is 9.59 Å². The molecule has 2 fully saturated rings. The lowest BCUT2D eigenvalue weighted by Gasteiger charge is -2.28. The number of thioether (sulfide) groups is 1. The zero-order valence-corrected chi connectivity index (χ0v) is 14.4. The molecule has 22 heavy (non-hydrogen) atoms. The number of amides is 2. The van der Waals surface area contributed by atoms with E-state index in [-0.39, 0.29) is 18.4 Å². The van der Waals surface area contributed by atoms with Gasteiger partial charge >= 0.3 is 0 Å². The highest BCUT2D eigenvalue weighted by atomic mass is 32.2.